The topological polar surface area (TPSA) is 38.3 Å². The Balaban J connectivity index is 1.37. The molecule has 1 aromatic rings. The Bertz CT molecular complexity index is 482. The highest BCUT2D eigenvalue weighted by Crippen LogP contribution is 2.49. The summed E-state index contributed by atoms with van der Waals surface area (Å²) in [6.45, 7) is 0.728. The second kappa shape index (κ2) is 6.50. The lowest BCUT2D eigenvalue weighted by Gasteiger charge is -2.20. The fourth-order valence-corrected chi connectivity index (χ4v) is 4.08. The molecular formula is C18H25NO2. The molecule has 2 fully saturated rings. The van der Waals surface area contributed by atoms with Crippen molar-refractivity contribution in [2.45, 2.75) is 38.5 Å². The molecule has 2 aliphatic rings. The molecule has 1 N–H and O–H groups in total. The van der Waals surface area contributed by atoms with Crippen molar-refractivity contribution in [1.82, 2.24) is 5.32 Å². The van der Waals surface area contributed by atoms with E-state index in [1.807, 2.05) is 12.1 Å². The Morgan fingerprint density at radius 2 is 2.05 bits per heavy atom. The summed E-state index contributed by atoms with van der Waals surface area (Å²) < 4.78 is 5.14. The Morgan fingerprint density at radius 3 is 2.67 bits per heavy atom. The minimum atomic E-state index is 0.237. The molecule has 1 aromatic carbocycles. The van der Waals surface area contributed by atoms with Crippen molar-refractivity contribution in [3.05, 3.63) is 29.8 Å². The lowest BCUT2D eigenvalue weighted by atomic mass is 9.86. The zero-order valence-electron chi connectivity index (χ0n) is 12.8. The van der Waals surface area contributed by atoms with Crippen LogP contribution in [0.1, 0.15) is 37.7 Å². The first-order valence-corrected chi connectivity index (χ1v) is 8.14. The summed E-state index contributed by atoms with van der Waals surface area (Å²) in [7, 11) is 1.67. The Hall–Kier alpha value is -1.51. The van der Waals surface area contributed by atoms with Crippen LogP contribution in [0, 0.1) is 17.8 Å². The number of hydrogen-bond acceptors (Lipinski definition) is 2. The maximum Gasteiger partial charge on any atom is 0.220 e. The van der Waals surface area contributed by atoms with Crippen LogP contribution in [-0.2, 0) is 11.2 Å². The first-order valence-electron chi connectivity index (χ1n) is 8.14. The minimum Gasteiger partial charge on any atom is -0.497 e. The molecule has 0 heterocycles. The molecule has 21 heavy (non-hydrogen) atoms. The molecule has 2 aliphatic carbocycles. The molecule has 3 atom stereocenters. The zero-order valence-corrected chi connectivity index (χ0v) is 12.8. The molecule has 3 nitrogen and oxygen atoms in total. The van der Waals surface area contributed by atoms with E-state index in [0.717, 1.165) is 37.0 Å². The van der Waals surface area contributed by atoms with E-state index in [1.165, 1.54) is 31.2 Å². The molecule has 0 radical (unpaired) electrons. The number of carbonyl (C=O) groups is 1. The number of hydrogen-bond donors (Lipinski definition) is 1. The first kappa shape index (κ1) is 14.4. The van der Waals surface area contributed by atoms with E-state index in [1.54, 1.807) is 7.11 Å². The van der Waals surface area contributed by atoms with Crippen molar-refractivity contribution in [3.63, 3.8) is 0 Å². The van der Waals surface area contributed by atoms with Gasteiger partial charge in [-0.3, -0.25) is 4.79 Å². The van der Waals surface area contributed by atoms with Gasteiger partial charge in [0.1, 0.15) is 5.75 Å². The molecule has 0 saturated heterocycles. The fourth-order valence-electron chi connectivity index (χ4n) is 4.08. The van der Waals surface area contributed by atoms with Gasteiger partial charge in [0.05, 0.1) is 7.11 Å². The van der Waals surface area contributed by atoms with Crippen molar-refractivity contribution in [3.8, 4) is 5.75 Å². The normalized spacial score (nSPS) is 26.8. The third-order valence-corrected chi connectivity index (χ3v) is 5.23. The summed E-state index contributed by atoms with van der Waals surface area (Å²) in [5.74, 6) is 3.53. The number of amides is 1. The summed E-state index contributed by atoms with van der Waals surface area (Å²) in [5, 5.41) is 3.08. The highest BCUT2D eigenvalue weighted by molar-refractivity contribution is 5.76. The van der Waals surface area contributed by atoms with Gasteiger partial charge in [-0.15, -0.1) is 0 Å². The number of nitrogens with one attached hydrogen (secondary N) is 1. The van der Waals surface area contributed by atoms with Gasteiger partial charge in [-0.05, 0) is 61.1 Å². The predicted molar refractivity (Wildman–Crippen MR) is 83.3 cm³/mol. The average molecular weight is 287 g/mol. The van der Waals surface area contributed by atoms with E-state index in [-0.39, 0.29) is 5.91 Å². The van der Waals surface area contributed by atoms with Crippen LogP contribution in [0.3, 0.4) is 0 Å². The maximum atomic E-state index is 12.0. The molecule has 3 heteroatoms. The van der Waals surface area contributed by atoms with Gasteiger partial charge in [-0.25, -0.2) is 0 Å². The van der Waals surface area contributed by atoms with Gasteiger partial charge < -0.3 is 10.1 Å². The monoisotopic (exact) mass is 287 g/mol. The van der Waals surface area contributed by atoms with Crippen LogP contribution in [0.5, 0.6) is 5.75 Å². The van der Waals surface area contributed by atoms with Crippen molar-refractivity contribution in [1.29, 1.82) is 0 Å². The summed E-state index contributed by atoms with van der Waals surface area (Å²) in [6.07, 6.45) is 7.05. The van der Waals surface area contributed by atoms with Crippen LogP contribution < -0.4 is 10.1 Å². The van der Waals surface area contributed by atoms with E-state index in [4.69, 9.17) is 4.74 Å². The molecule has 0 unspecified atom stereocenters. The van der Waals surface area contributed by atoms with E-state index >= 15 is 0 Å². The summed E-state index contributed by atoms with van der Waals surface area (Å²) in [6, 6.07) is 8.04. The lowest BCUT2D eigenvalue weighted by Crippen LogP contribution is -2.28. The molecule has 3 rings (SSSR count). The second-order valence-corrected chi connectivity index (χ2v) is 6.59. The van der Waals surface area contributed by atoms with Crippen LogP contribution in [0.25, 0.3) is 0 Å². The largest absolute Gasteiger partial charge is 0.497 e. The van der Waals surface area contributed by atoms with Gasteiger partial charge in [0, 0.05) is 13.0 Å². The van der Waals surface area contributed by atoms with E-state index in [2.05, 4.69) is 17.4 Å². The van der Waals surface area contributed by atoms with E-state index < -0.39 is 0 Å². The molecule has 2 saturated carbocycles. The summed E-state index contributed by atoms with van der Waals surface area (Å²) >= 11 is 0. The van der Waals surface area contributed by atoms with E-state index in [9.17, 15) is 4.79 Å². The number of methoxy groups -OCH3 is 1. The van der Waals surface area contributed by atoms with Crippen molar-refractivity contribution >= 4 is 5.91 Å². The molecular weight excluding hydrogens is 262 g/mol. The second-order valence-electron chi connectivity index (χ2n) is 6.59. The Kier molecular flexibility index (Phi) is 4.47. The number of rotatable bonds is 6. The number of fused-ring (bicyclic) bond motifs is 2. The van der Waals surface area contributed by atoms with Crippen molar-refractivity contribution in [2.75, 3.05) is 13.7 Å². The fraction of sp³-hybridized carbons (Fsp3) is 0.611. The van der Waals surface area contributed by atoms with Gasteiger partial charge in [-0.1, -0.05) is 18.6 Å². The third kappa shape index (κ3) is 3.58. The summed E-state index contributed by atoms with van der Waals surface area (Å²) in [4.78, 5) is 12.0. The maximum absolute atomic E-state index is 12.0. The number of carbonyl (C=O) groups excluding carboxylic acids is 1. The number of benzene rings is 1. The van der Waals surface area contributed by atoms with Crippen LogP contribution in [0.15, 0.2) is 24.3 Å². The van der Waals surface area contributed by atoms with Crippen molar-refractivity contribution < 1.29 is 9.53 Å². The highest BCUT2D eigenvalue weighted by atomic mass is 16.5. The van der Waals surface area contributed by atoms with E-state index in [0.29, 0.717) is 5.92 Å². The molecule has 114 valence electrons. The highest BCUT2D eigenvalue weighted by Gasteiger charge is 2.39. The smallest absolute Gasteiger partial charge is 0.220 e. The quantitative estimate of drug-likeness (QED) is 0.872. The van der Waals surface area contributed by atoms with Crippen LogP contribution >= 0.6 is 0 Å². The lowest BCUT2D eigenvalue weighted by molar-refractivity contribution is -0.122. The van der Waals surface area contributed by atoms with Gasteiger partial charge in [0.2, 0.25) is 5.91 Å². The molecule has 2 bridgehead atoms. The molecule has 0 aliphatic heterocycles. The van der Waals surface area contributed by atoms with Gasteiger partial charge in [0.25, 0.3) is 0 Å². The average Bonchev–Trinajstić information content (AvgIpc) is 3.10. The molecule has 0 spiro atoms. The Morgan fingerprint density at radius 1 is 1.24 bits per heavy atom. The standard InChI is InChI=1S/C18H25NO2/c1-21-17-6-3-13(4-7-17)8-9-19-18(20)12-16-11-14-2-5-15(16)10-14/h3-4,6-7,14-16H,2,5,8-12H2,1H3,(H,19,20)/t14-,15-,16+/m1/s1. The molecule has 1 amide bonds. The minimum absolute atomic E-state index is 0.237. The van der Waals surface area contributed by atoms with Gasteiger partial charge in [-0.2, -0.15) is 0 Å². The predicted octanol–water partition coefficient (Wildman–Crippen LogP) is 3.18. The van der Waals surface area contributed by atoms with Crippen molar-refractivity contribution in [2.24, 2.45) is 17.8 Å². The number of ether oxygens (including phenoxy) is 1. The summed E-state index contributed by atoms with van der Waals surface area (Å²) in [5.41, 5.74) is 1.23. The van der Waals surface area contributed by atoms with Gasteiger partial charge >= 0.3 is 0 Å². The third-order valence-electron chi connectivity index (χ3n) is 5.23. The van der Waals surface area contributed by atoms with Crippen LogP contribution in [-0.4, -0.2) is 19.6 Å². The first-order chi connectivity index (χ1) is 10.2. The SMILES string of the molecule is COc1ccc(CCNC(=O)C[C@@H]2C[C@@H]3CC[C@@H]2C3)cc1. The molecule has 0 aromatic heterocycles. The van der Waals surface area contributed by atoms with Crippen LogP contribution in [0.2, 0.25) is 0 Å². The Labute approximate surface area is 127 Å². The van der Waals surface area contributed by atoms with Gasteiger partial charge in [0.15, 0.2) is 0 Å². The zero-order chi connectivity index (χ0) is 14.7. The van der Waals surface area contributed by atoms with Crippen LogP contribution in [0.4, 0.5) is 0 Å².